The average molecular weight is 467 g/mol. The first kappa shape index (κ1) is 23.2. The lowest BCUT2D eigenvalue weighted by molar-refractivity contribution is 0.201. The first-order valence-electron chi connectivity index (χ1n) is 12.1. The molecule has 0 atom stereocenters. The van der Waals surface area contributed by atoms with Crippen LogP contribution >= 0.6 is 0 Å². The smallest absolute Gasteiger partial charge is 0.119 e. The van der Waals surface area contributed by atoms with Gasteiger partial charge in [-0.15, -0.1) is 0 Å². The SMILES string of the molecule is OCCOc1ccc(CC2(Cc3ccc(OCCO)cc3)c3ccccc3-c3ccccc32)cc1. The maximum atomic E-state index is 9.05. The third-order valence-corrected chi connectivity index (χ3v) is 6.75. The van der Waals surface area contributed by atoms with Crippen molar-refractivity contribution >= 4 is 0 Å². The molecule has 0 spiro atoms. The minimum atomic E-state index is -0.214. The van der Waals surface area contributed by atoms with Crippen molar-refractivity contribution in [3.63, 3.8) is 0 Å². The van der Waals surface area contributed by atoms with E-state index in [-0.39, 0.29) is 18.6 Å². The Kier molecular flexibility index (Phi) is 6.84. The average Bonchev–Trinajstić information content (AvgIpc) is 3.17. The van der Waals surface area contributed by atoms with Crippen LogP contribution in [0, 0.1) is 0 Å². The molecule has 4 aromatic carbocycles. The van der Waals surface area contributed by atoms with Crippen molar-refractivity contribution in [1.82, 2.24) is 0 Å². The van der Waals surface area contributed by atoms with Crippen LogP contribution in [0.4, 0.5) is 0 Å². The van der Waals surface area contributed by atoms with Gasteiger partial charge in [-0.3, -0.25) is 0 Å². The molecule has 178 valence electrons. The maximum Gasteiger partial charge on any atom is 0.119 e. The summed E-state index contributed by atoms with van der Waals surface area (Å²) in [5.74, 6) is 1.53. The summed E-state index contributed by atoms with van der Waals surface area (Å²) in [5, 5.41) is 18.1. The first-order chi connectivity index (χ1) is 17.2. The van der Waals surface area contributed by atoms with Crippen LogP contribution in [0.15, 0.2) is 97.1 Å². The van der Waals surface area contributed by atoms with Gasteiger partial charge < -0.3 is 19.7 Å². The van der Waals surface area contributed by atoms with Gasteiger partial charge in [0.1, 0.15) is 24.7 Å². The van der Waals surface area contributed by atoms with Crippen LogP contribution in [0.5, 0.6) is 11.5 Å². The second kappa shape index (κ2) is 10.3. The van der Waals surface area contributed by atoms with Crippen LogP contribution in [-0.2, 0) is 18.3 Å². The number of ether oxygens (including phenoxy) is 2. The third-order valence-electron chi connectivity index (χ3n) is 6.75. The Hall–Kier alpha value is -3.60. The molecule has 0 saturated carbocycles. The summed E-state index contributed by atoms with van der Waals surface area (Å²) >= 11 is 0. The Morgan fingerprint density at radius 3 is 1.31 bits per heavy atom. The van der Waals surface area contributed by atoms with Crippen LogP contribution in [0.3, 0.4) is 0 Å². The molecule has 35 heavy (non-hydrogen) atoms. The topological polar surface area (TPSA) is 58.9 Å². The van der Waals surface area contributed by atoms with E-state index >= 15 is 0 Å². The zero-order chi connectivity index (χ0) is 24.1. The minimum absolute atomic E-state index is 0.00224. The third kappa shape index (κ3) is 4.68. The molecule has 0 heterocycles. The van der Waals surface area contributed by atoms with Gasteiger partial charge in [-0.2, -0.15) is 0 Å². The Morgan fingerprint density at radius 2 is 0.914 bits per heavy atom. The second-order valence-corrected chi connectivity index (χ2v) is 8.96. The number of hydrogen-bond acceptors (Lipinski definition) is 4. The maximum absolute atomic E-state index is 9.05. The van der Waals surface area contributed by atoms with Crippen molar-refractivity contribution in [2.45, 2.75) is 18.3 Å². The summed E-state index contributed by atoms with van der Waals surface area (Å²) < 4.78 is 11.2. The Morgan fingerprint density at radius 1 is 0.514 bits per heavy atom. The molecule has 0 aliphatic heterocycles. The molecule has 0 fully saturated rings. The van der Waals surface area contributed by atoms with Gasteiger partial charge in [-0.05, 0) is 70.5 Å². The Balaban J connectivity index is 1.55. The standard InChI is InChI=1S/C31H30O4/c32-17-19-34-25-13-9-23(10-14-25)21-31(22-24-11-15-26(16-12-24)35-20-18-33)29-7-3-1-5-27(29)28-6-2-4-8-30(28)31/h1-16,32-33H,17-22H2. The predicted molar refractivity (Wildman–Crippen MR) is 138 cm³/mol. The van der Waals surface area contributed by atoms with E-state index in [1.54, 1.807) is 0 Å². The number of hydrogen-bond donors (Lipinski definition) is 2. The summed E-state index contributed by atoms with van der Waals surface area (Å²) in [5.41, 5.74) is 7.55. The minimum Gasteiger partial charge on any atom is -0.491 e. The summed E-state index contributed by atoms with van der Waals surface area (Å²) in [4.78, 5) is 0. The normalized spacial score (nSPS) is 13.2. The van der Waals surface area contributed by atoms with Crippen molar-refractivity contribution < 1.29 is 19.7 Å². The monoisotopic (exact) mass is 466 g/mol. The number of aliphatic hydroxyl groups excluding tert-OH is 2. The molecule has 4 aromatic rings. The summed E-state index contributed by atoms with van der Waals surface area (Å²) in [6.07, 6.45) is 1.70. The lowest BCUT2D eigenvalue weighted by Gasteiger charge is -2.33. The number of rotatable bonds is 10. The Labute approximate surface area is 206 Å². The van der Waals surface area contributed by atoms with Gasteiger partial charge in [0, 0.05) is 5.41 Å². The van der Waals surface area contributed by atoms with Gasteiger partial charge in [0.15, 0.2) is 0 Å². The molecule has 5 rings (SSSR count). The molecule has 1 aliphatic carbocycles. The van der Waals surface area contributed by atoms with E-state index in [0.29, 0.717) is 13.2 Å². The zero-order valence-corrected chi connectivity index (χ0v) is 19.7. The zero-order valence-electron chi connectivity index (χ0n) is 19.7. The fourth-order valence-corrected chi connectivity index (χ4v) is 5.29. The van der Waals surface area contributed by atoms with Crippen molar-refractivity contribution in [1.29, 1.82) is 0 Å². The fraction of sp³-hybridized carbons (Fsp3) is 0.226. The van der Waals surface area contributed by atoms with E-state index in [1.165, 1.54) is 33.4 Å². The highest BCUT2D eigenvalue weighted by molar-refractivity contribution is 5.81. The molecule has 0 amide bonds. The van der Waals surface area contributed by atoms with E-state index in [1.807, 2.05) is 24.3 Å². The van der Waals surface area contributed by atoms with Gasteiger partial charge in [-0.25, -0.2) is 0 Å². The molecule has 4 nitrogen and oxygen atoms in total. The summed E-state index contributed by atoms with van der Waals surface area (Å²) in [7, 11) is 0. The molecule has 0 aromatic heterocycles. The highest BCUT2D eigenvalue weighted by Gasteiger charge is 2.43. The lowest BCUT2D eigenvalue weighted by atomic mass is 9.69. The van der Waals surface area contributed by atoms with E-state index in [4.69, 9.17) is 19.7 Å². The molecule has 0 saturated heterocycles. The van der Waals surface area contributed by atoms with Gasteiger partial charge in [0.25, 0.3) is 0 Å². The van der Waals surface area contributed by atoms with E-state index in [9.17, 15) is 0 Å². The summed E-state index contributed by atoms with van der Waals surface area (Å²) in [6, 6.07) is 34.0. The van der Waals surface area contributed by atoms with Crippen molar-refractivity contribution in [3.05, 3.63) is 119 Å². The molecule has 0 bridgehead atoms. The number of benzene rings is 4. The van der Waals surface area contributed by atoms with Gasteiger partial charge >= 0.3 is 0 Å². The van der Waals surface area contributed by atoms with Gasteiger partial charge in [0.05, 0.1) is 13.2 Å². The lowest BCUT2D eigenvalue weighted by Crippen LogP contribution is -2.31. The fourth-order valence-electron chi connectivity index (χ4n) is 5.29. The van der Waals surface area contributed by atoms with Crippen LogP contribution in [-0.4, -0.2) is 36.6 Å². The highest BCUT2D eigenvalue weighted by atomic mass is 16.5. The van der Waals surface area contributed by atoms with Crippen LogP contribution in [0.25, 0.3) is 11.1 Å². The Bertz CT molecular complexity index is 1160. The van der Waals surface area contributed by atoms with Gasteiger partial charge in [0.2, 0.25) is 0 Å². The number of fused-ring (bicyclic) bond motifs is 3. The molecular formula is C31H30O4. The van der Waals surface area contributed by atoms with Crippen molar-refractivity contribution in [2.24, 2.45) is 0 Å². The highest BCUT2D eigenvalue weighted by Crippen LogP contribution is 2.52. The molecule has 0 radical (unpaired) electrons. The largest absolute Gasteiger partial charge is 0.491 e. The van der Waals surface area contributed by atoms with Crippen LogP contribution in [0.2, 0.25) is 0 Å². The second-order valence-electron chi connectivity index (χ2n) is 8.96. The quantitative estimate of drug-likeness (QED) is 0.338. The first-order valence-corrected chi connectivity index (χ1v) is 12.1. The number of aliphatic hydroxyl groups is 2. The van der Waals surface area contributed by atoms with Crippen LogP contribution < -0.4 is 9.47 Å². The molecule has 4 heteroatoms. The molecule has 2 N–H and O–H groups in total. The van der Waals surface area contributed by atoms with Crippen LogP contribution in [0.1, 0.15) is 22.3 Å². The van der Waals surface area contributed by atoms with E-state index in [0.717, 1.165) is 24.3 Å². The van der Waals surface area contributed by atoms with Crippen molar-refractivity contribution in [2.75, 3.05) is 26.4 Å². The van der Waals surface area contributed by atoms with Gasteiger partial charge in [-0.1, -0.05) is 72.8 Å². The van der Waals surface area contributed by atoms with Crippen molar-refractivity contribution in [3.8, 4) is 22.6 Å². The van der Waals surface area contributed by atoms with E-state index in [2.05, 4.69) is 72.8 Å². The molecular weight excluding hydrogens is 436 g/mol. The predicted octanol–water partition coefficient (Wildman–Crippen LogP) is 5.18. The molecule has 0 unspecified atom stereocenters. The van der Waals surface area contributed by atoms with E-state index < -0.39 is 0 Å². The summed E-state index contributed by atoms with van der Waals surface area (Å²) in [6.45, 7) is 0.592. The molecule has 1 aliphatic rings.